The molecule has 164 valence electrons. The molecule has 9 heteroatoms. The number of thiophene rings is 1. The maximum Gasteiger partial charge on any atom is 0.265 e. The van der Waals surface area contributed by atoms with Gasteiger partial charge in [-0.1, -0.05) is 0 Å². The minimum atomic E-state index is 0.0557. The van der Waals surface area contributed by atoms with Crippen molar-refractivity contribution in [1.29, 1.82) is 0 Å². The predicted molar refractivity (Wildman–Crippen MR) is 129 cm³/mol. The molecule has 1 aliphatic heterocycles. The van der Waals surface area contributed by atoms with Crippen LogP contribution in [0, 0.1) is 6.92 Å². The second kappa shape index (κ2) is 8.84. The highest BCUT2D eigenvalue weighted by atomic mass is 32.1. The van der Waals surface area contributed by atoms with Crippen molar-refractivity contribution in [1.82, 2.24) is 19.9 Å². The van der Waals surface area contributed by atoms with E-state index >= 15 is 0 Å². The minimum Gasteiger partial charge on any atom is -0.494 e. The first-order valence-electron chi connectivity index (χ1n) is 10.6. The van der Waals surface area contributed by atoms with Crippen LogP contribution in [0.3, 0.4) is 0 Å². The predicted octanol–water partition coefficient (Wildman–Crippen LogP) is 4.48. The van der Waals surface area contributed by atoms with Crippen LogP contribution >= 0.6 is 22.7 Å². The van der Waals surface area contributed by atoms with Gasteiger partial charge in [-0.15, -0.1) is 22.7 Å². The number of piperazine rings is 1. The zero-order chi connectivity index (χ0) is 22.1. The molecule has 1 fully saturated rings. The average molecular weight is 466 g/mol. The molecule has 0 radical (unpaired) electrons. The molecule has 4 aromatic rings. The quantitative estimate of drug-likeness (QED) is 0.433. The smallest absolute Gasteiger partial charge is 0.265 e. The number of carbonyl (C=O) groups excluding carboxylic acids is 1. The average Bonchev–Trinajstić information content (AvgIpc) is 3.46. The first-order valence-corrected chi connectivity index (χ1v) is 12.3. The molecule has 1 saturated heterocycles. The third-order valence-corrected chi connectivity index (χ3v) is 7.53. The molecule has 0 N–H and O–H groups in total. The maximum absolute atomic E-state index is 13.3. The van der Waals surface area contributed by atoms with Crippen LogP contribution in [0.1, 0.15) is 22.3 Å². The number of nitrogens with zero attached hydrogens (tertiary/aromatic N) is 5. The summed E-state index contributed by atoms with van der Waals surface area (Å²) >= 11 is 3.08. The molecule has 0 bridgehead atoms. The van der Waals surface area contributed by atoms with E-state index in [-0.39, 0.29) is 5.91 Å². The largest absolute Gasteiger partial charge is 0.494 e. The fourth-order valence-corrected chi connectivity index (χ4v) is 5.64. The van der Waals surface area contributed by atoms with Gasteiger partial charge in [-0.2, -0.15) is 0 Å². The molecule has 0 saturated carbocycles. The van der Waals surface area contributed by atoms with Crippen molar-refractivity contribution in [3.8, 4) is 16.3 Å². The topological polar surface area (TPSA) is 71.5 Å². The van der Waals surface area contributed by atoms with Gasteiger partial charge in [0, 0.05) is 31.7 Å². The first-order chi connectivity index (χ1) is 15.6. The van der Waals surface area contributed by atoms with Crippen molar-refractivity contribution in [3.63, 3.8) is 0 Å². The molecule has 3 aromatic heterocycles. The third kappa shape index (κ3) is 3.93. The number of benzene rings is 1. The van der Waals surface area contributed by atoms with E-state index in [0.717, 1.165) is 51.1 Å². The summed E-state index contributed by atoms with van der Waals surface area (Å²) in [5.41, 5.74) is 1.77. The van der Waals surface area contributed by atoms with Crippen molar-refractivity contribution in [2.45, 2.75) is 13.8 Å². The number of anilines is 1. The van der Waals surface area contributed by atoms with Crippen LogP contribution in [-0.2, 0) is 0 Å². The number of aromatic nitrogens is 3. The number of amides is 1. The zero-order valence-corrected chi connectivity index (χ0v) is 19.6. The van der Waals surface area contributed by atoms with Crippen LogP contribution in [0.5, 0.6) is 5.75 Å². The van der Waals surface area contributed by atoms with E-state index in [4.69, 9.17) is 4.74 Å². The van der Waals surface area contributed by atoms with E-state index in [1.807, 2.05) is 48.4 Å². The molecular formula is C23H23N5O2S2. The van der Waals surface area contributed by atoms with Crippen LogP contribution in [-0.4, -0.2) is 58.5 Å². The van der Waals surface area contributed by atoms with Gasteiger partial charge in [0.2, 0.25) is 0 Å². The van der Waals surface area contributed by atoms with E-state index in [9.17, 15) is 4.79 Å². The van der Waals surface area contributed by atoms with Gasteiger partial charge in [0.05, 0.1) is 17.7 Å². The lowest BCUT2D eigenvalue weighted by Crippen LogP contribution is -2.49. The number of thiazole rings is 1. The summed E-state index contributed by atoms with van der Waals surface area (Å²) in [6.45, 7) is 7.32. The Labute approximate surface area is 194 Å². The number of carbonyl (C=O) groups is 1. The molecule has 4 heterocycles. The second-order valence-electron chi connectivity index (χ2n) is 7.51. The molecule has 0 aliphatic carbocycles. The van der Waals surface area contributed by atoms with Crippen molar-refractivity contribution in [2.75, 3.05) is 37.7 Å². The summed E-state index contributed by atoms with van der Waals surface area (Å²) in [5, 5.41) is 3.97. The van der Waals surface area contributed by atoms with Gasteiger partial charge >= 0.3 is 0 Å². The summed E-state index contributed by atoms with van der Waals surface area (Å²) in [7, 11) is 0. The third-order valence-electron chi connectivity index (χ3n) is 5.51. The Kier molecular flexibility index (Phi) is 5.75. The van der Waals surface area contributed by atoms with Gasteiger partial charge in [0.15, 0.2) is 0 Å². The standard InChI is InChI=1S/C23H23N5O2S2/c1-3-30-17-6-4-16(5-7-17)21-26-15(2)19(32-21)23(29)28-11-9-27(10-12-28)20-18-8-13-31-22(18)25-14-24-20/h4-8,13-14H,3,9-12H2,1-2H3. The van der Waals surface area contributed by atoms with Crippen LogP contribution in [0.4, 0.5) is 5.82 Å². The molecule has 32 heavy (non-hydrogen) atoms. The van der Waals surface area contributed by atoms with E-state index < -0.39 is 0 Å². The lowest BCUT2D eigenvalue weighted by Gasteiger charge is -2.35. The Hall–Kier alpha value is -3.04. The highest BCUT2D eigenvalue weighted by Crippen LogP contribution is 2.31. The molecule has 1 amide bonds. The molecule has 0 spiro atoms. The molecule has 1 aliphatic rings. The summed E-state index contributed by atoms with van der Waals surface area (Å²) in [5.74, 6) is 1.84. The summed E-state index contributed by atoms with van der Waals surface area (Å²) < 4.78 is 5.51. The molecule has 7 nitrogen and oxygen atoms in total. The van der Waals surface area contributed by atoms with Crippen molar-refractivity contribution in [3.05, 3.63) is 52.6 Å². The van der Waals surface area contributed by atoms with Gasteiger partial charge in [-0.25, -0.2) is 15.0 Å². The molecule has 1 aromatic carbocycles. The molecule has 0 atom stereocenters. The first kappa shape index (κ1) is 20.8. The van der Waals surface area contributed by atoms with Gasteiger partial charge < -0.3 is 14.5 Å². The SMILES string of the molecule is CCOc1ccc(-c2nc(C)c(C(=O)N3CCN(c4ncnc5sccc45)CC3)s2)cc1. The number of rotatable bonds is 5. The second-order valence-corrected chi connectivity index (χ2v) is 9.40. The summed E-state index contributed by atoms with van der Waals surface area (Å²) in [4.78, 5) is 32.6. The highest BCUT2D eigenvalue weighted by Gasteiger charge is 2.27. The van der Waals surface area contributed by atoms with Crippen molar-refractivity contribution >= 4 is 44.6 Å². The number of ether oxygens (including phenoxy) is 1. The summed E-state index contributed by atoms with van der Waals surface area (Å²) in [6.07, 6.45) is 1.62. The summed E-state index contributed by atoms with van der Waals surface area (Å²) in [6, 6.07) is 9.92. The van der Waals surface area contributed by atoms with E-state index in [1.54, 1.807) is 17.7 Å². The fourth-order valence-electron chi connectivity index (χ4n) is 3.87. The molecule has 5 rings (SSSR count). The molecular weight excluding hydrogens is 442 g/mol. The van der Waals surface area contributed by atoms with Crippen molar-refractivity contribution < 1.29 is 9.53 Å². The number of aryl methyl sites for hydroxylation is 1. The van der Waals surface area contributed by atoms with Crippen LogP contribution in [0.15, 0.2) is 42.0 Å². The zero-order valence-electron chi connectivity index (χ0n) is 17.9. The maximum atomic E-state index is 13.3. The lowest BCUT2D eigenvalue weighted by molar-refractivity contribution is 0.0750. The Morgan fingerprint density at radius 3 is 2.62 bits per heavy atom. The van der Waals surface area contributed by atoms with Gasteiger partial charge in [0.1, 0.15) is 32.6 Å². The van der Waals surface area contributed by atoms with Crippen LogP contribution in [0.2, 0.25) is 0 Å². The minimum absolute atomic E-state index is 0.0557. The van der Waals surface area contributed by atoms with Crippen LogP contribution < -0.4 is 9.64 Å². The lowest BCUT2D eigenvalue weighted by atomic mass is 10.2. The monoisotopic (exact) mass is 465 g/mol. The van der Waals surface area contributed by atoms with E-state index in [1.165, 1.54) is 11.3 Å². The number of hydrogen-bond donors (Lipinski definition) is 0. The normalized spacial score (nSPS) is 14.2. The Balaban J connectivity index is 1.29. The Morgan fingerprint density at radius 1 is 1.09 bits per heavy atom. The number of fused-ring (bicyclic) bond motifs is 1. The van der Waals surface area contributed by atoms with E-state index in [0.29, 0.717) is 24.6 Å². The van der Waals surface area contributed by atoms with Gasteiger partial charge in [-0.05, 0) is 49.6 Å². The Morgan fingerprint density at radius 2 is 1.88 bits per heavy atom. The number of hydrogen-bond acceptors (Lipinski definition) is 8. The fraction of sp³-hybridized carbons (Fsp3) is 0.304. The van der Waals surface area contributed by atoms with E-state index in [2.05, 4.69) is 25.9 Å². The van der Waals surface area contributed by atoms with Crippen molar-refractivity contribution in [2.24, 2.45) is 0 Å². The van der Waals surface area contributed by atoms with Gasteiger partial charge in [-0.3, -0.25) is 4.79 Å². The highest BCUT2D eigenvalue weighted by molar-refractivity contribution is 7.17. The van der Waals surface area contributed by atoms with Gasteiger partial charge in [0.25, 0.3) is 5.91 Å². The Bertz CT molecular complexity index is 1240. The molecule has 0 unspecified atom stereocenters. The van der Waals surface area contributed by atoms with Crippen LogP contribution in [0.25, 0.3) is 20.8 Å².